The summed E-state index contributed by atoms with van der Waals surface area (Å²) in [5.74, 6) is 0. The molecule has 0 unspecified atom stereocenters. The third-order valence-corrected chi connectivity index (χ3v) is 2.21. The monoisotopic (exact) mass is 269 g/mol. The summed E-state index contributed by atoms with van der Waals surface area (Å²) in [5.41, 5.74) is 2.30. The second kappa shape index (κ2) is 4.41. The Bertz CT molecular complexity index is 443. The number of alkyl halides is 6. The molecule has 1 aromatic carbocycles. The molecule has 0 bridgehead atoms. The van der Waals surface area contributed by atoms with Gasteiger partial charge in [0.05, 0.1) is 0 Å². The highest BCUT2D eigenvalue weighted by Crippen LogP contribution is 2.53. The highest BCUT2D eigenvalue weighted by molar-refractivity contribution is 5.29. The molecule has 0 amide bonds. The van der Waals surface area contributed by atoms with E-state index in [2.05, 4.69) is 0 Å². The van der Waals surface area contributed by atoms with Crippen LogP contribution in [0.25, 0.3) is 10.4 Å². The fraction of sp³-hybridized carbons (Fsp3) is 0.333. The van der Waals surface area contributed by atoms with E-state index in [-0.39, 0.29) is 0 Å². The summed E-state index contributed by atoms with van der Waals surface area (Å²) < 4.78 is 76.6. The largest absolute Gasteiger partial charge is 0.413 e. The number of azide groups is 1. The summed E-state index contributed by atoms with van der Waals surface area (Å²) in [4.78, 5) is 1.70. The average molecular weight is 269 g/mol. The van der Waals surface area contributed by atoms with E-state index in [1.165, 1.54) is 6.07 Å². The number of benzene rings is 1. The molecule has 9 heteroatoms. The van der Waals surface area contributed by atoms with Crippen molar-refractivity contribution >= 4 is 0 Å². The van der Waals surface area contributed by atoms with Crippen molar-refractivity contribution < 1.29 is 26.3 Å². The first-order chi connectivity index (χ1) is 8.17. The van der Waals surface area contributed by atoms with Gasteiger partial charge in [-0.15, -0.1) is 0 Å². The van der Waals surface area contributed by atoms with E-state index in [4.69, 9.17) is 5.53 Å². The molecule has 1 rings (SSSR count). The second-order valence-electron chi connectivity index (χ2n) is 3.26. The topological polar surface area (TPSA) is 48.8 Å². The van der Waals surface area contributed by atoms with Gasteiger partial charge in [0.15, 0.2) is 0 Å². The maximum Gasteiger partial charge on any atom is 0.413 e. The van der Waals surface area contributed by atoms with Gasteiger partial charge < -0.3 is 0 Å². The SMILES string of the molecule is [N-]=[N+]=NC(c1ccccc1)(C(F)(F)F)C(F)(F)F. The summed E-state index contributed by atoms with van der Waals surface area (Å²) in [5, 5.41) is 2.00. The quantitative estimate of drug-likeness (QED) is 0.332. The van der Waals surface area contributed by atoms with Gasteiger partial charge in [0.25, 0.3) is 5.54 Å². The van der Waals surface area contributed by atoms with Crippen LogP contribution < -0.4 is 0 Å². The first-order valence-electron chi connectivity index (χ1n) is 4.42. The minimum Gasteiger partial charge on any atom is -0.170 e. The molecule has 3 nitrogen and oxygen atoms in total. The summed E-state index contributed by atoms with van der Waals surface area (Å²) >= 11 is 0. The molecule has 1 aromatic rings. The van der Waals surface area contributed by atoms with Gasteiger partial charge in [-0.25, -0.2) is 0 Å². The van der Waals surface area contributed by atoms with Crippen LogP contribution in [0.15, 0.2) is 35.4 Å². The molecule has 0 N–H and O–H groups in total. The highest BCUT2D eigenvalue weighted by atomic mass is 19.4. The Morgan fingerprint density at radius 2 is 1.33 bits per heavy atom. The molecule has 0 aliphatic rings. The maximum atomic E-state index is 12.8. The lowest BCUT2D eigenvalue weighted by atomic mass is 9.89. The molecule has 0 atom stereocenters. The van der Waals surface area contributed by atoms with Crippen molar-refractivity contribution in [3.63, 3.8) is 0 Å². The molecule has 0 heterocycles. The summed E-state index contributed by atoms with van der Waals surface area (Å²) in [6.07, 6.45) is -11.6. The molecule has 18 heavy (non-hydrogen) atoms. The van der Waals surface area contributed by atoms with Crippen LogP contribution in [-0.2, 0) is 5.54 Å². The fourth-order valence-corrected chi connectivity index (χ4v) is 1.41. The van der Waals surface area contributed by atoms with Crippen molar-refractivity contribution in [1.29, 1.82) is 0 Å². The molecule has 0 aliphatic carbocycles. The summed E-state index contributed by atoms with van der Waals surface area (Å²) in [7, 11) is 0. The third kappa shape index (κ3) is 2.08. The molecular formula is C9H5F6N3. The number of rotatable bonds is 2. The van der Waals surface area contributed by atoms with E-state index in [1.807, 2.05) is 5.11 Å². The number of hydrogen-bond acceptors (Lipinski definition) is 1. The Morgan fingerprint density at radius 1 is 0.889 bits per heavy atom. The number of nitrogens with zero attached hydrogens (tertiary/aromatic N) is 3. The van der Waals surface area contributed by atoms with E-state index in [9.17, 15) is 26.3 Å². The van der Waals surface area contributed by atoms with Gasteiger partial charge in [-0.2, -0.15) is 26.3 Å². The minimum absolute atomic E-state index is 0.607. The third-order valence-electron chi connectivity index (χ3n) is 2.21. The Balaban J connectivity index is 3.66. The maximum absolute atomic E-state index is 12.8. The van der Waals surface area contributed by atoms with Gasteiger partial charge >= 0.3 is 12.4 Å². The number of hydrogen-bond donors (Lipinski definition) is 0. The van der Waals surface area contributed by atoms with Crippen molar-refractivity contribution in [1.82, 2.24) is 0 Å². The fourth-order valence-electron chi connectivity index (χ4n) is 1.41. The van der Waals surface area contributed by atoms with Crippen molar-refractivity contribution in [2.45, 2.75) is 17.9 Å². The standard InChI is InChI=1S/C9H5F6N3/c10-8(11,12)7(17-18-16,9(13,14)15)6-4-2-1-3-5-6/h1-5H. The van der Waals surface area contributed by atoms with Gasteiger partial charge in [0.2, 0.25) is 0 Å². The van der Waals surface area contributed by atoms with E-state index in [1.54, 1.807) is 4.91 Å². The van der Waals surface area contributed by atoms with E-state index in [0.29, 0.717) is 12.1 Å². The zero-order valence-electron chi connectivity index (χ0n) is 8.50. The van der Waals surface area contributed by atoms with E-state index in [0.717, 1.165) is 12.1 Å². The van der Waals surface area contributed by atoms with Crippen molar-refractivity contribution in [2.24, 2.45) is 5.11 Å². The minimum atomic E-state index is -5.79. The van der Waals surface area contributed by atoms with Gasteiger partial charge in [0, 0.05) is 4.91 Å². The Hall–Kier alpha value is -1.89. The smallest absolute Gasteiger partial charge is 0.170 e. The van der Waals surface area contributed by atoms with Crippen molar-refractivity contribution in [3.05, 3.63) is 46.3 Å². The van der Waals surface area contributed by atoms with Gasteiger partial charge in [-0.3, -0.25) is 0 Å². The predicted octanol–water partition coefficient (Wildman–Crippen LogP) is 4.32. The molecule has 0 saturated carbocycles. The molecule has 0 aromatic heterocycles. The predicted molar refractivity (Wildman–Crippen MR) is 49.4 cm³/mol. The van der Waals surface area contributed by atoms with Crippen LogP contribution in [0.1, 0.15) is 5.56 Å². The first kappa shape index (κ1) is 14.2. The molecule has 0 saturated heterocycles. The lowest BCUT2D eigenvalue weighted by Crippen LogP contribution is -2.52. The van der Waals surface area contributed by atoms with Gasteiger partial charge in [0.1, 0.15) is 0 Å². The van der Waals surface area contributed by atoms with Gasteiger partial charge in [-0.1, -0.05) is 35.4 Å². The van der Waals surface area contributed by atoms with Crippen molar-refractivity contribution in [2.75, 3.05) is 0 Å². The van der Waals surface area contributed by atoms with Crippen molar-refractivity contribution in [3.8, 4) is 0 Å². The van der Waals surface area contributed by atoms with Crippen LogP contribution in [0.2, 0.25) is 0 Å². The second-order valence-corrected chi connectivity index (χ2v) is 3.26. The average Bonchev–Trinajstić information content (AvgIpc) is 2.23. The van der Waals surface area contributed by atoms with Gasteiger partial charge in [-0.05, 0) is 11.1 Å². The zero-order valence-corrected chi connectivity index (χ0v) is 8.50. The number of halogens is 6. The summed E-state index contributed by atoms with van der Waals surface area (Å²) in [6.45, 7) is 0. The van der Waals surface area contributed by atoms with E-state index < -0.39 is 23.5 Å². The molecule has 0 aliphatic heterocycles. The Kier molecular flexibility index (Phi) is 3.47. The van der Waals surface area contributed by atoms with Crippen LogP contribution in [0.4, 0.5) is 26.3 Å². The lowest BCUT2D eigenvalue weighted by molar-refractivity contribution is -0.301. The first-order valence-corrected chi connectivity index (χ1v) is 4.42. The lowest BCUT2D eigenvalue weighted by Gasteiger charge is -2.33. The highest BCUT2D eigenvalue weighted by Gasteiger charge is 2.71. The molecule has 0 spiro atoms. The van der Waals surface area contributed by atoms with Crippen LogP contribution in [0.3, 0.4) is 0 Å². The Labute approximate surface area is 96.7 Å². The van der Waals surface area contributed by atoms with Crippen LogP contribution in [0, 0.1) is 0 Å². The van der Waals surface area contributed by atoms with E-state index >= 15 is 0 Å². The summed E-state index contributed by atoms with van der Waals surface area (Å²) in [6, 6.07) is 4.45. The van der Waals surface area contributed by atoms with Crippen LogP contribution in [0.5, 0.6) is 0 Å². The molecule has 98 valence electrons. The normalized spacial score (nSPS) is 13.0. The van der Waals surface area contributed by atoms with Crippen LogP contribution in [-0.4, -0.2) is 12.4 Å². The zero-order chi connectivity index (χ0) is 14.0. The molecule has 0 fully saturated rings. The van der Waals surface area contributed by atoms with Crippen LogP contribution >= 0.6 is 0 Å². The molecule has 0 radical (unpaired) electrons. The molecular weight excluding hydrogens is 264 g/mol. The Morgan fingerprint density at radius 3 is 1.67 bits per heavy atom.